The van der Waals surface area contributed by atoms with E-state index in [0.29, 0.717) is 0 Å². The van der Waals surface area contributed by atoms with Crippen LogP contribution in [0.2, 0.25) is 0 Å². The lowest BCUT2D eigenvalue weighted by Crippen LogP contribution is -2.26. The maximum absolute atomic E-state index is 6.26. The number of fused-ring (bicyclic) bond motifs is 19. The molecule has 1 heteroatoms. The van der Waals surface area contributed by atoms with Gasteiger partial charge < -0.3 is 4.42 Å². The summed E-state index contributed by atoms with van der Waals surface area (Å²) < 4.78 is 6.26. The molecule has 2 aliphatic carbocycles. The molecule has 0 aliphatic heterocycles. The van der Waals surface area contributed by atoms with Gasteiger partial charge in [-0.15, -0.1) is 0 Å². The van der Waals surface area contributed by atoms with E-state index in [1.807, 2.05) is 18.2 Å². The van der Waals surface area contributed by atoms with E-state index in [4.69, 9.17) is 4.42 Å². The van der Waals surface area contributed by atoms with Gasteiger partial charge in [0.15, 0.2) is 0 Å². The molecule has 1 heterocycles. The van der Waals surface area contributed by atoms with Crippen molar-refractivity contribution in [3.8, 4) is 55.6 Å². The highest BCUT2D eigenvalue weighted by Crippen LogP contribution is 2.66. The summed E-state index contributed by atoms with van der Waals surface area (Å²) in [6, 6.07) is 80.8. The van der Waals surface area contributed by atoms with Crippen molar-refractivity contribution in [2.45, 2.75) is 5.41 Å². The molecule has 15 rings (SSSR count). The van der Waals surface area contributed by atoms with Crippen molar-refractivity contribution in [2.75, 3.05) is 0 Å². The summed E-state index contributed by atoms with van der Waals surface area (Å²) in [7, 11) is 0. The van der Waals surface area contributed by atoms with Gasteiger partial charge in [-0.05, 0) is 156 Å². The van der Waals surface area contributed by atoms with Crippen molar-refractivity contribution in [1.82, 2.24) is 0 Å². The van der Waals surface area contributed by atoms with E-state index in [0.717, 1.165) is 44.2 Å². The van der Waals surface area contributed by atoms with Gasteiger partial charge in [0.2, 0.25) is 0 Å². The fourth-order valence-electron chi connectivity index (χ4n) is 13.1. The van der Waals surface area contributed by atoms with Gasteiger partial charge in [0, 0.05) is 10.8 Å². The smallest absolute Gasteiger partial charge is 0.135 e. The topological polar surface area (TPSA) is 13.1 Å². The van der Waals surface area contributed by atoms with Crippen LogP contribution in [0.3, 0.4) is 0 Å². The normalized spacial score (nSPS) is 13.1. The zero-order chi connectivity index (χ0) is 46.2. The van der Waals surface area contributed by atoms with Crippen LogP contribution < -0.4 is 0 Å². The quantitative estimate of drug-likeness (QED) is 0.157. The first-order valence-corrected chi connectivity index (χ1v) is 24.2. The van der Waals surface area contributed by atoms with Gasteiger partial charge in [-0.2, -0.15) is 0 Å². The minimum Gasteiger partial charge on any atom is -0.456 e. The lowest BCUT2D eigenvalue weighted by Gasteiger charge is -2.33. The van der Waals surface area contributed by atoms with Crippen molar-refractivity contribution in [1.29, 1.82) is 0 Å². The van der Waals surface area contributed by atoms with Gasteiger partial charge >= 0.3 is 0 Å². The first kappa shape index (κ1) is 39.0. The lowest BCUT2D eigenvalue weighted by molar-refractivity contribution is 0.669. The first-order valence-electron chi connectivity index (χ1n) is 24.2. The standard InChI is InChI=1S/C69H42O/c1-3-46-47(4-2)66-57-37-33-42-17-5-6-18-48(42)67(57)69(60-26-14-11-19-49(60)50-20-12-15-27-61(50)69)68(66)56-36-34-44(39-58(46)56)41-29-31-43(32-30-41)64-52-22-7-9-24-54(52)65(55-25-10-8-23-53(55)64)45-35-38-63-59(40-45)51-21-13-16-28-62(51)70-63/h3-40H,1-2H2. The number of hydrogen-bond acceptors (Lipinski definition) is 1. The molecule has 0 saturated heterocycles. The highest BCUT2D eigenvalue weighted by atomic mass is 16.3. The Morgan fingerprint density at radius 3 is 1.50 bits per heavy atom. The number of benzene rings is 12. The average molecular weight is 887 g/mol. The maximum atomic E-state index is 6.26. The van der Waals surface area contributed by atoms with Crippen molar-refractivity contribution in [2.24, 2.45) is 0 Å². The Hall–Kier alpha value is -9.04. The molecule has 0 radical (unpaired) electrons. The number of furan rings is 1. The van der Waals surface area contributed by atoms with E-state index < -0.39 is 5.41 Å². The molecular formula is C69H42O. The largest absolute Gasteiger partial charge is 0.456 e. The molecule has 0 atom stereocenters. The minimum absolute atomic E-state index is 0.543. The third kappa shape index (κ3) is 5.05. The van der Waals surface area contributed by atoms with Crippen molar-refractivity contribution < 1.29 is 4.42 Å². The Labute approximate surface area is 405 Å². The zero-order valence-corrected chi connectivity index (χ0v) is 38.3. The molecule has 324 valence electrons. The Morgan fingerprint density at radius 1 is 0.314 bits per heavy atom. The molecule has 0 amide bonds. The number of para-hydroxylation sites is 1. The SMILES string of the molecule is C=Cc1c2c(c3ccc(-c4ccc(-c5c6ccccc6c(-c6ccc7oc8ccccc8c7c6)c6ccccc56)cc4)cc3c1C=C)C1(c3ccccc3-c3ccccc31)c1c-2ccc2ccccc12. The van der Waals surface area contributed by atoms with Gasteiger partial charge in [0.05, 0.1) is 5.41 Å². The van der Waals surface area contributed by atoms with E-state index in [1.165, 1.54) is 110 Å². The van der Waals surface area contributed by atoms with Crippen LogP contribution in [0.15, 0.2) is 236 Å². The second-order valence-corrected chi connectivity index (χ2v) is 19.0. The summed E-state index contributed by atoms with van der Waals surface area (Å²) in [4.78, 5) is 0. The predicted octanol–water partition coefficient (Wildman–Crippen LogP) is 18.8. The van der Waals surface area contributed by atoms with Gasteiger partial charge in [0.1, 0.15) is 11.2 Å². The molecule has 0 bridgehead atoms. The van der Waals surface area contributed by atoms with Crippen molar-refractivity contribution >= 4 is 77.2 Å². The van der Waals surface area contributed by atoms with E-state index in [1.54, 1.807) is 0 Å². The van der Waals surface area contributed by atoms with E-state index >= 15 is 0 Å². The number of hydrogen-bond donors (Lipinski definition) is 0. The van der Waals surface area contributed by atoms with Crippen molar-refractivity contribution in [3.63, 3.8) is 0 Å². The van der Waals surface area contributed by atoms with Crippen LogP contribution in [0.1, 0.15) is 33.4 Å². The van der Waals surface area contributed by atoms with Crippen LogP contribution in [0.4, 0.5) is 0 Å². The molecule has 0 unspecified atom stereocenters. The van der Waals surface area contributed by atoms with Crippen LogP contribution in [0.25, 0.3) is 133 Å². The Bertz CT molecular complexity index is 4340. The van der Waals surface area contributed by atoms with Crippen LogP contribution in [-0.4, -0.2) is 0 Å². The highest BCUT2D eigenvalue weighted by Gasteiger charge is 2.54. The minimum atomic E-state index is -0.543. The van der Waals surface area contributed by atoms with Crippen LogP contribution in [0.5, 0.6) is 0 Å². The summed E-state index contributed by atoms with van der Waals surface area (Å²) in [5.74, 6) is 0. The van der Waals surface area contributed by atoms with Gasteiger partial charge in [-0.1, -0.05) is 219 Å². The molecule has 1 spiro atoms. The molecule has 13 aromatic rings. The third-order valence-corrected chi connectivity index (χ3v) is 15.8. The molecule has 0 saturated carbocycles. The zero-order valence-electron chi connectivity index (χ0n) is 38.3. The molecule has 0 N–H and O–H groups in total. The molecule has 0 fully saturated rings. The van der Waals surface area contributed by atoms with E-state index in [-0.39, 0.29) is 0 Å². The lowest BCUT2D eigenvalue weighted by atomic mass is 9.68. The summed E-state index contributed by atoms with van der Waals surface area (Å²) in [5.41, 5.74) is 21.1. The Kier molecular flexibility index (Phi) is 8.07. The fraction of sp³-hybridized carbons (Fsp3) is 0.0145. The molecule has 2 aliphatic rings. The number of rotatable bonds is 5. The molecule has 1 nitrogen and oxygen atoms in total. The van der Waals surface area contributed by atoms with Crippen LogP contribution in [-0.2, 0) is 5.41 Å². The molecular weight excluding hydrogens is 845 g/mol. The molecule has 70 heavy (non-hydrogen) atoms. The first-order chi connectivity index (χ1) is 34.6. The van der Waals surface area contributed by atoms with Crippen LogP contribution in [0, 0.1) is 0 Å². The Morgan fingerprint density at radius 2 is 0.829 bits per heavy atom. The van der Waals surface area contributed by atoms with E-state index in [9.17, 15) is 0 Å². The molecule has 12 aromatic carbocycles. The predicted molar refractivity (Wildman–Crippen MR) is 297 cm³/mol. The van der Waals surface area contributed by atoms with Gasteiger partial charge in [0.25, 0.3) is 0 Å². The summed E-state index contributed by atoms with van der Waals surface area (Å²) in [6.07, 6.45) is 4.11. The maximum Gasteiger partial charge on any atom is 0.135 e. The second kappa shape index (κ2) is 14.5. The highest BCUT2D eigenvalue weighted by molar-refractivity contribution is 6.22. The Balaban J connectivity index is 0.925. The van der Waals surface area contributed by atoms with Gasteiger partial charge in [-0.3, -0.25) is 0 Å². The average Bonchev–Trinajstić information content (AvgIpc) is 4.06. The molecule has 1 aromatic heterocycles. The van der Waals surface area contributed by atoms with Crippen molar-refractivity contribution in [3.05, 3.63) is 265 Å². The fourth-order valence-corrected chi connectivity index (χ4v) is 13.1. The summed E-state index contributed by atoms with van der Waals surface area (Å²) in [5, 5.41) is 12.1. The van der Waals surface area contributed by atoms with E-state index in [2.05, 4.69) is 225 Å². The summed E-state index contributed by atoms with van der Waals surface area (Å²) in [6.45, 7) is 8.99. The van der Waals surface area contributed by atoms with Gasteiger partial charge in [-0.25, -0.2) is 0 Å². The second-order valence-electron chi connectivity index (χ2n) is 19.0. The monoisotopic (exact) mass is 886 g/mol. The van der Waals surface area contributed by atoms with Crippen LogP contribution >= 0.6 is 0 Å². The third-order valence-electron chi connectivity index (χ3n) is 15.8. The summed E-state index contributed by atoms with van der Waals surface area (Å²) >= 11 is 0.